The standard InChI is InChI=1S/C28H45N3O5S/c1-18(2)15-24(30-26(33)22(13-14-37-7)31-28(35)36-17-19(3)4)27(34)29-23(25(32)20(5)6)16-21-11-9-8-10-12-21/h8-12,18-20,22-24H,13-17H2,1-7H3,(H,29,34)(H,30,33)(H,31,35). The number of benzene rings is 1. The first-order chi connectivity index (χ1) is 17.4. The van der Waals surface area contributed by atoms with E-state index < -0.39 is 36.0 Å². The van der Waals surface area contributed by atoms with Gasteiger partial charge in [-0.25, -0.2) is 4.79 Å². The van der Waals surface area contributed by atoms with Crippen molar-refractivity contribution in [2.24, 2.45) is 17.8 Å². The number of carbonyl (C=O) groups excluding carboxylic acids is 4. The predicted octanol–water partition coefficient (Wildman–Crippen LogP) is 3.97. The third-order valence-electron chi connectivity index (χ3n) is 5.62. The fourth-order valence-electron chi connectivity index (χ4n) is 3.65. The number of amides is 3. The van der Waals surface area contributed by atoms with Crippen LogP contribution in [-0.2, 0) is 25.5 Å². The molecule has 0 radical (unpaired) electrons. The van der Waals surface area contributed by atoms with Crippen molar-refractivity contribution in [2.75, 3.05) is 18.6 Å². The minimum Gasteiger partial charge on any atom is -0.449 e. The van der Waals surface area contributed by atoms with Crippen LogP contribution in [0.4, 0.5) is 4.79 Å². The molecular formula is C28H45N3O5S. The number of thioether (sulfide) groups is 1. The van der Waals surface area contributed by atoms with Crippen molar-refractivity contribution in [3.8, 4) is 0 Å². The van der Waals surface area contributed by atoms with E-state index in [-0.39, 0.29) is 30.1 Å². The molecule has 8 nitrogen and oxygen atoms in total. The third kappa shape index (κ3) is 13.0. The molecule has 0 saturated carbocycles. The van der Waals surface area contributed by atoms with E-state index in [9.17, 15) is 19.2 Å². The molecule has 0 aliphatic rings. The number of hydrogen-bond acceptors (Lipinski definition) is 6. The molecule has 1 aromatic carbocycles. The van der Waals surface area contributed by atoms with Crippen LogP contribution in [0.25, 0.3) is 0 Å². The lowest BCUT2D eigenvalue weighted by atomic mass is 9.94. The van der Waals surface area contributed by atoms with Gasteiger partial charge in [-0.15, -0.1) is 0 Å². The van der Waals surface area contributed by atoms with Crippen LogP contribution < -0.4 is 16.0 Å². The van der Waals surface area contributed by atoms with Crippen LogP contribution in [-0.4, -0.2) is 60.4 Å². The summed E-state index contributed by atoms with van der Waals surface area (Å²) >= 11 is 1.55. The van der Waals surface area contributed by atoms with Gasteiger partial charge in [-0.1, -0.05) is 71.9 Å². The molecule has 3 N–H and O–H groups in total. The highest BCUT2D eigenvalue weighted by Gasteiger charge is 2.31. The minimum atomic E-state index is -0.851. The quantitative estimate of drug-likeness (QED) is 0.295. The van der Waals surface area contributed by atoms with Crippen LogP contribution in [0.2, 0.25) is 0 Å². The van der Waals surface area contributed by atoms with Crippen molar-refractivity contribution < 1.29 is 23.9 Å². The van der Waals surface area contributed by atoms with E-state index in [1.165, 1.54) is 0 Å². The number of rotatable bonds is 16. The summed E-state index contributed by atoms with van der Waals surface area (Å²) in [5, 5.41) is 8.36. The van der Waals surface area contributed by atoms with Crippen molar-refractivity contribution in [2.45, 2.75) is 78.9 Å². The summed E-state index contributed by atoms with van der Waals surface area (Å²) in [6, 6.07) is 7.12. The Kier molecular flexibility index (Phi) is 15.0. The lowest BCUT2D eigenvalue weighted by Gasteiger charge is -2.27. The predicted molar refractivity (Wildman–Crippen MR) is 149 cm³/mol. The molecule has 0 aliphatic heterocycles. The molecule has 1 rings (SSSR count). The van der Waals surface area contributed by atoms with Crippen LogP contribution in [0, 0.1) is 17.8 Å². The van der Waals surface area contributed by atoms with E-state index in [0.29, 0.717) is 25.0 Å². The maximum atomic E-state index is 13.4. The van der Waals surface area contributed by atoms with E-state index in [4.69, 9.17) is 4.74 Å². The van der Waals surface area contributed by atoms with Crippen molar-refractivity contribution in [3.05, 3.63) is 35.9 Å². The molecule has 9 heteroatoms. The maximum absolute atomic E-state index is 13.4. The molecule has 208 valence electrons. The largest absolute Gasteiger partial charge is 0.449 e. The highest BCUT2D eigenvalue weighted by atomic mass is 32.2. The number of Topliss-reactive ketones (excluding diaryl/α,β-unsaturated/α-hetero) is 1. The Morgan fingerprint density at radius 2 is 1.41 bits per heavy atom. The van der Waals surface area contributed by atoms with Crippen molar-refractivity contribution in [3.63, 3.8) is 0 Å². The number of nitrogens with one attached hydrogen (secondary N) is 3. The molecule has 37 heavy (non-hydrogen) atoms. The van der Waals surface area contributed by atoms with E-state index in [1.807, 2.05) is 64.3 Å². The number of carbonyl (C=O) groups is 4. The smallest absolute Gasteiger partial charge is 0.407 e. The normalized spacial score (nSPS) is 13.7. The van der Waals surface area contributed by atoms with Crippen molar-refractivity contribution >= 4 is 35.5 Å². The van der Waals surface area contributed by atoms with Crippen LogP contribution in [0.1, 0.15) is 59.9 Å². The van der Waals surface area contributed by atoms with Crippen LogP contribution in [0.15, 0.2) is 30.3 Å². The molecule has 1 aromatic rings. The summed E-state index contributed by atoms with van der Waals surface area (Å²) in [7, 11) is 0. The van der Waals surface area contributed by atoms with E-state index in [2.05, 4.69) is 16.0 Å². The van der Waals surface area contributed by atoms with Gasteiger partial charge in [-0.05, 0) is 48.7 Å². The Hall–Kier alpha value is -2.55. The van der Waals surface area contributed by atoms with Gasteiger partial charge in [0, 0.05) is 5.92 Å². The SMILES string of the molecule is CSCCC(NC(=O)OCC(C)C)C(=O)NC(CC(C)C)C(=O)NC(Cc1ccccc1)C(=O)C(C)C. The van der Waals surface area contributed by atoms with Gasteiger partial charge in [0.15, 0.2) is 5.78 Å². The summed E-state index contributed by atoms with van der Waals surface area (Å²) in [6.45, 7) is 11.6. The number of ether oxygens (including phenoxy) is 1. The zero-order valence-corrected chi connectivity index (χ0v) is 24.2. The maximum Gasteiger partial charge on any atom is 0.407 e. The Balaban J connectivity index is 3.02. The molecular weight excluding hydrogens is 490 g/mol. The first-order valence-electron chi connectivity index (χ1n) is 13.0. The molecule has 0 heterocycles. The zero-order valence-electron chi connectivity index (χ0n) is 23.3. The van der Waals surface area contributed by atoms with Crippen molar-refractivity contribution in [1.82, 2.24) is 16.0 Å². The monoisotopic (exact) mass is 535 g/mol. The summed E-state index contributed by atoms with van der Waals surface area (Å²) in [5.41, 5.74) is 0.937. The van der Waals surface area contributed by atoms with Gasteiger partial charge in [-0.3, -0.25) is 14.4 Å². The Morgan fingerprint density at radius 1 is 0.811 bits per heavy atom. The number of hydrogen-bond donors (Lipinski definition) is 3. The first-order valence-corrected chi connectivity index (χ1v) is 14.4. The van der Waals surface area contributed by atoms with Gasteiger partial charge in [0.05, 0.1) is 12.6 Å². The summed E-state index contributed by atoms with van der Waals surface area (Å²) < 4.78 is 5.19. The highest BCUT2D eigenvalue weighted by Crippen LogP contribution is 2.12. The second-order valence-electron chi connectivity index (χ2n) is 10.5. The molecule has 0 spiro atoms. The first kappa shape index (κ1) is 32.5. The zero-order chi connectivity index (χ0) is 28.0. The van der Waals surface area contributed by atoms with Crippen LogP contribution in [0.3, 0.4) is 0 Å². The average Bonchev–Trinajstić information content (AvgIpc) is 2.84. The van der Waals surface area contributed by atoms with E-state index in [1.54, 1.807) is 25.6 Å². The van der Waals surface area contributed by atoms with Gasteiger partial charge in [0.1, 0.15) is 12.1 Å². The summed E-state index contributed by atoms with van der Waals surface area (Å²) in [6.07, 6.45) is 2.40. The molecule has 3 unspecified atom stereocenters. The molecule has 3 amide bonds. The molecule has 0 fully saturated rings. The highest BCUT2D eigenvalue weighted by molar-refractivity contribution is 7.98. The third-order valence-corrected chi connectivity index (χ3v) is 6.26. The van der Waals surface area contributed by atoms with Gasteiger partial charge in [0.25, 0.3) is 0 Å². The van der Waals surface area contributed by atoms with Gasteiger partial charge in [0.2, 0.25) is 11.8 Å². The Bertz CT molecular complexity index is 861. The second-order valence-corrected chi connectivity index (χ2v) is 11.5. The van der Waals surface area contributed by atoms with Gasteiger partial charge < -0.3 is 20.7 Å². The topological polar surface area (TPSA) is 114 Å². The lowest BCUT2D eigenvalue weighted by molar-refractivity contribution is -0.133. The summed E-state index contributed by atoms with van der Waals surface area (Å²) in [5.74, 6) is -0.276. The Labute approximate surface area is 226 Å². The summed E-state index contributed by atoms with van der Waals surface area (Å²) in [4.78, 5) is 51.8. The molecule has 0 saturated heterocycles. The molecule has 0 aromatic heterocycles. The van der Waals surface area contributed by atoms with E-state index in [0.717, 1.165) is 5.56 Å². The minimum absolute atomic E-state index is 0.0701. The van der Waals surface area contributed by atoms with Crippen LogP contribution >= 0.6 is 11.8 Å². The second kappa shape index (κ2) is 17.1. The fourth-order valence-corrected chi connectivity index (χ4v) is 4.12. The van der Waals surface area contributed by atoms with Gasteiger partial charge >= 0.3 is 6.09 Å². The molecule has 0 bridgehead atoms. The number of ketones is 1. The number of alkyl carbamates (subject to hydrolysis) is 1. The fraction of sp³-hybridized carbons (Fsp3) is 0.643. The van der Waals surface area contributed by atoms with Crippen LogP contribution in [0.5, 0.6) is 0 Å². The lowest BCUT2D eigenvalue weighted by Crippen LogP contribution is -2.56. The van der Waals surface area contributed by atoms with Crippen molar-refractivity contribution in [1.29, 1.82) is 0 Å². The molecule has 0 aliphatic carbocycles. The molecule has 3 atom stereocenters. The Morgan fingerprint density at radius 3 is 1.95 bits per heavy atom. The van der Waals surface area contributed by atoms with E-state index >= 15 is 0 Å². The van der Waals surface area contributed by atoms with Gasteiger partial charge in [-0.2, -0.15) is 11.8 Å². The average molecular weight is 536 g/mol.